The molecule has 20 heavy (non-hydrogen) atoms. The van der Waals surface area contributed by atoms with Crippen LogP contribution < -0.4 is 11.1 Å². The molecule has 0 aliphatic heterocycles. The molecule has 0 aromatic carbocycles. The lowest BCUT2D eigenvalue weighted by Crippen LogP contribution is -2.51. The molecule has 0 aromatic heterocycles. The number of rotatable bonds is 4. The summed E-state index contributed by atoms with van der Waals surface area (Å²) in [6, 6.07) is 0.355. The van der Waals surface area contributed by atoms with Crippen LogP contribution in [0.4, 0.5) is 0 Å². The minimum Gasteiger partial charge on any atom is -0.351 e. The monoisotopic (exact) mass is 280 g/mol. The van der Waals surface area contributed by atoms with Gasteiger partial charge in [-0.2, -0.15) is 0 Å². The van der Waals surface area contributed by atoms with E-state index in [0.29, 0.717) is 11.8 Å². The van der Waals surface area contributed by atoms with Crippen LogP contribution >= 0.6 is 0 Å². The van der Waals surface area contributed by atoms with E-state index in [2.05, 4.69) is 19.2 Å². The van der Waals surface area contributed by atoms with Crippen LogP contribution in [0.15, 0.2) is 0 Å². The van der Waals surface area contributed by atoms with Gasteiger partial charge in [-0.25, -0.2) is 0 Å². The van der Waals surface area contributed by atoms with Gasteiger partial charge in [-0.05, 0) is 38.0 Å². The van der Waals surface area contributed by atoms with Gasteiger partial charge < -0.3 is 11.1 Å². The van der Waals surface area contributed by atoms with E-state index in [1.807, 2.05) is 0 Å². The van der Waals surface area contributed by atoms with Gasteiger partial charge in [-0.15, -0.1) is 0 Å². The summed E-state index contributed by atoms with van der Waals surface area (Å²) in [6.45, 7) is 4.45. The predicted molar refractivity (Wildman–Crippen MR) is 83.3 cm³/mol. The van der Waals surface area contributed by atoms with Crippen molar-refractivity contribution >= 4 is 5.91 Å². The Balaban J connectivity index is 2.00. The number of nitrogens with one attached hydrogen (secondary N) is 1. The average Bonchev–Trinajstić information content (AvgIpc) is 2.76. The molecule has 3 nitrogen and oxygen atoms in total. The molecule has 0 aromatic rings. The first-order valence-corrected chi connectivity index (χ1v) is 8.60. The summed E-state index contributed by atoms with van der Waals surface area (Å²) >= 11 is 0. The first-order chi connectivity index (χ1) is 9.53. The van der Waals surface area contributed by atoms with Gasteiger partial charge in [0, 0.05) is 17.5 Å². The zero-order chi connectivity index (χ0) is 14.6. The molecule has 2 aliphatic rings. The number of amides is 1. The number of hydrogen-bond donors (Lipinski definition) is 2. The SMILES string of the molecule is CC(C)CC1(C(=O)NC2CCCCCC2N)CCCC1. The Morgan fingerprint density at radius 3 is 2.45 bits per heavy atom. The molecule has 2 saturated carbocycles. The van der Waals surface area contributed by atoms with E-state index in [-0.39, 0.29) is 17.5 Å². The lowest BCUT2D eigenvalue weighted by atomic mass is 9.77. The fourth-order valence-electron chi connectivity index (χ4n) is 4.19. The summed E-state index contributed by atoms with van der Waals surface area (Å²) in [5, 5.41) is 3.33. The van der Waals surface area contributed by atoms with E-state index in [1.54, 1.807) is 0 Å². The van der Waals surface area contributed by atoms with Crippen molar-refractivity contribution in [2.45, 2.75) is 90.1 Å². The molecule has 2 fully saturated rings. The standard InChI is InChI=1S/C17H32N2O/c1-13(2)12-17(10-6-7-11-17)16(20)19-15-9-5-3-4-8-14(15)18/h13-15H,3-12,18H2,1-2H3,(H,19,20). The van der Waals surface area contributed by atoms with Crippen LogP contribution in [0.1, 0.15) is 78.1 Å². The number of nitrogens with two attached hydrogens (primary N) is 1. The van der Waals surface area contributed by atoms with E-state index >= 15 is 0 Å². The number of carbonyl (C=O) groups excluding carboxylic acids is 1. The topological polar surface area (TPSA) is 55.1 Å². The normalized spacial score (nSPS) is 30.2. The summed E-state index contributed by atoms with van der Waals surface area (Å²) in [4.78, 5) is 12.9. The summed E-state index contributed by atoms with van der Waals surface area (Å²) in [5.41, 5.74) is 6.16. The minimum absolute atomic E-state index is 0.0970. The molecule has 2 aliphatic carbocycles. The van der Waals surface area contributed by atoms with Crippen LogP contribution in [0.3, 0.4) is 0 Å². The maximum absolute atomic E-state index is 12.9. The van der Waals surface area contributed by atoms with Crippen LogP contribution in [0.25, 0.3) is 0 Å². The van der Waals surface area contributed by atoms with Crippen LogP contribution in [0.2, 0.25) is 0 Å². The second kappa shape index (κ2) is 6.93. The fraction of sp³-hybridized carbons (Fsp3) is 0.941. The van der Waals surface area contributed by atoms with Gasteiger partial charge in [0.05, 0.1) is 0 Å². The van der Waals surface area contributed by atoms with E-state index in [0.717, 1.165) is 32.1 Å². The largest absolute Gasteiger partial charge is 0.351 e. The van der Waals surface area contributed by atoms with Crippen molar-refractivity contribution in [3.63, 3.8) is 0 Å². The van der Waals surface area contributed by atoms with E-state index in [1.165, 1.54) is 32.1 Å². The highest BCUT2D eigenvalue weighted by atomic mass is 16.2. The lowest BCUT2D eigenvalue weighted by molar-refractivity contribution is -0.132. The van der Waals surface area contributed by atoms with Crippen molar-refractivity contribution in [2.75, 3.05) is 0 Å². The molecule has 0 spiro atoms. The summed E-state index contributed by atoms with van der Waals surface area (Å²) in [7, 11) is 0. The highest BCUT2D eigenvalue weighted by Crippen LogP contribution is 2.43. The predicted octanol–water partition coefficient (Wildman–Crippen LogP) is 3.37. The molecule has 0 heterocycles. The first kappa shape index (κ1) is 15.8. The van der Waals surface area contributed by atoms with Crippen molar-refractivity contribution < 1.29 is 4.79 Å². The number of carbonyl (C=O) groups is 1. The van der Waals surface area contributed by atoms with Crippen LogP contribution in [-0.2, 0) is 4.79 Å². The quantitative estimate of drug-likeness (QED) is 0.776. The van der Waals surface area contributed by atoms with Crippen molar-refractivity contribution in [2.24, 2.45) is 17.1 Å². The highest BCUT2D eigenvalue weighted by molar-refractivity contribution is 5.83. The summed E-state index contributed by atoms with van der Waals surface area (Å²) in [6.07, 6.45) is 11.4. The Morgan fingerprint density at radius 2 is 1.80 bits per heavy atom. The fourth-order valence-corrected chi connectivity index (χ4v) is 4.19. The Kier molecular flexibility index (Phi) is 5.48. The third-order valence-electron chi connectivity index (χ3n) is 5.23. The summed E-state index contributed by atoms with van der Waals surface area (Å²) < 4.78 is 0. The molecule has 2 atom stereocenters. The van der Waals surface area contributed by atoms with Gasteiger partial charge in [-0.3, -0.25) is 4.79 Å². The zero-order valence-electron chi connectivity index (χ0n) is 13.3. The minimum atomic E-state index is -0.0970. The van der Waals surface area contributed by atoms with Crippen molar-refractivity contribution in [3.8, 4) is 0 Å². The van der Waals surface area contributed by atoms with E-state index in [4.69, 9.17) is 5.73 Å². The van der Waals surface area contributed by atoms with Gasteiger partial charge in [0.1, 0.15) is 0 Å². The Bertz CT molecular complexity index is 321. The smallest absolute Gasteiger partial charge is 0.226 e. The molecule has 0 saturated heterocycles. The Hall–Kier alpha value is -0.570. The van der Waals surface area contributed by atoms with Gasteiger partial charge in [0.2, 0.25) is 5.91 Å². The maximum Gasteiger partial charge on any atom is 0.226 e. The summed E-state index contributed by atoms with van der Waals surface area (Å²) in [5.74, 6) is 0.882. The van der Waals surface area contributed by atoms with Crippen LogP contribution in [-0.4, -0.2) is 18.0 Å². The second-order valence-corrected chi connectivity index (χ2v) is 7.47. The third kappa shape index (κ3) is 3.75. The van der Waals surface area contributed by atoms with E-state index < -0.39 is 0 Å². The molecule has 2 rings (SSSR count). The zero-order valence-corrected chi connectivity index (χ0v) is 13.3. The van der Waals surface area contributed by atoms with Crippen molar-refractivity contribution in [1.29, 1.82) is 0 Å². The lowest BCUT2D eigenvalue weighted by Gasteiger charge is -2.33. The molecule has 1 amide bonds. The van der Waals surface area contributed by atoms with Gasteiger partial charge in [0.25, 0.3) is 0 Å². The molecular weight excluding hydrogens is 248 g/mol. The van der Waals surface area contributed by atoms with Gasteiger partial charge in [-0.1, -0.05) is 46.0 Å². The number of hydrogen-bond acceptors (Lipinski definition) is 2. The molecule has 116 valence electrons. The highest BCUT2D eigenvalue weighted by Gasteiger charge is 2.42. The molecule has 2 unspecified atom stereocenters. The van der Waals surface area contributed by atoms with Gasteiger partial charge >= 0.3 is 0 Å². The first-order valence-electron chi connectivity index (χ1n) is 8.60. The van der Waals surface area contributed by atoms with Crippen LogP contribution in [0.5, 0.6) is 0 Å². The van der Waals surface area contributed by atoms with Crippen LogP contribution in [0, 0.1) is 11.3 Å². The Labute approximate surface area is 124 Å². The van der Waals surface area contributed by atoms with Crippen molar-refractivity contribution in [3.05, 3.63) is 0 Å². The molecule has 3 N–H and O–H groups in total. The molecule has 0 radical (unpaired) electrons. The second-order valence-electron chi connectivity index (χ2n) is 7.47. The molecule has 0 bridgehead atoms. The third-order valence-corrected chi connectivity index (χ3v) is 5.23. The molecular formula is C17H32N2O. The molecule has 3 heteroatoms. The average molecular weight is 280 g/mol. The van der Waals surface area contributed by atoms with Crippen molar-refractivity contribution in [1.82, 2.24) is 5.32 Å². The maximum atomic E-state index is 12.9. The van der Waals surface area contributed by atoms with E-state index in [9.17, 15) is 4.79 Å². The van der Waals surface area contributed by atoms with Gasteiger partial charge in [0.15, 0.2) is 0 Å². The Morgan fingerprint density at radius 1 is 1.15 bits per heavy atom.